The zero-order valence-electron chi connectivity index (χ0n) is 13.1. The number of hydrogen-bond acceptors (Lipinski definition) is 5. The first kappa shape index (κ1) is 15.9. The molecule has 3 rings (SSSR count). The molecule has 0 N–H and O–H groups in total. The van der Waals surface area contributed by atoms with E-state index in [9.17, 15) is 4.79 Å². The van der Waals surface area contributed by atoms with Crippen molar-refractivity contribution in [3.05, 3.63) is 22.4 Å². The molecule has 5 nitrogen and oxygen atoms in total. The Bertz CT molecular complexity index is 474. The van der Waals surface area contributed by atoms with Crippen LogP contribution in [0, 0.1) is 0 Å². The minimum atomic E-state index is -0.347. The van der Waals surface area contributed by atoms with Gasteiger partial charge in [0.15, 0.2) is 0 Å². The zero-order chi connectivity index (χ0) is 15.4. The fourth-order valence-electron chi connectivity index (χ4n) is 2.99. The summed E-state index contributed by atoms with van der Waals surface area (Å²) in [7, 11) is 2.03. The van der Waals surface area contributed by atoms with E-state index in [1.165, 1.54) is 4.88 Å². The highest BCUT2D eigenvalue weighted by molar-refractivity contribution is 7.09. The first-order chi connectivity index (χ1) is 10.7. The van der Waals surface area contributed by atoms with E-state index in [1.54, 1.807) is 11.3 Å². The van der Waals surface area contributed by atoms with E-state index in [2.05, 4.69) is 16.3 Å². The monoisotopic (exact) mass is 324 g/mol. The summed E-state index contributed by atoms with van der Waals surface area (Å²) in [5.74, 6) is 0.0930. The van der Waals surface area contributed by atoms with Crippen molar-refractivity contribution in [2.24, 2.45) is 0 Å². The Morgan fingerprint density at radius 1 is 1.45 bits per heavy atom. The Hall–Kier alpha value is -0.950. The SMILES string of the molecule is CN1CCO[C@H](C(=O)N(Cc2cccs2)C[C@H]2CCCO2)C1. The lowest BCUT2D eigenvalue weighted by Crippen LogP contribution is -2.51. The van der Waals surface area contributed by atoms with E-state index < -0.39 is 0 Å². The molecule has 2 aliphatic heterocycles. The molecule has 2 saturated heterocycles. The molecule has 2 atom stereocenters. The van der Waals surface area contributed by atoms with Crippen LogP contribution in [0.1, 0.15) is 17.7 Å². The molecule has 1 aromatic rings. The van der Waals surface area contributed by atoms with Crippen molar-refractivity contribution < 1.29 is 14.3 Å². The predicted molar refractivity (Wildman–Crippen MR) is 85.9 cm³/mol. The molecule has 22 heavy (non-hydrogen) atoms. The lowest BCUT2D eigenvalue weighted by molar-refractivity contribution is -0.151. The van der Waals surface area contributed by atoms with Crippen LogP contribution in [0.3, 0.4) is 0 Å². The molecule has 2 fully saturated rings. The normalized spacial score (nSPS) is 26.2. The van der Waals surface area contributed by atoms with E-state index in [0.29, 0.717) is 26.2 Å². The topological polar surface area (TPSA) is 42.0 Å². The molecule has 3 heterocycles. The summed E-state index contributed by atoms with van der Waals surface area (Å²) in [6.45, 7) is 4.32. The average Bonchev–Trinajstić information content (AvgIpc) is 3.19. The molecule has 6 heteroatoms. The minimum absolute atomic E-state index is 0.0930. The maximum Gasteiger partial charge on any atom is 0.253 e. The summed E-state index contributed by atoms with van der Waals surface area (Å²) in [6.07, 6.45) is 1.96. The van der Waals surface area contributed by atoms with Gasteiger partial charge in [0, 0.05) is 31.1 Å². The summed E-state index contributed by atoms with van der Waals surface area (Å²) < 4.78 is 11.4. The fourth-order valence-corrected chi connectivity index (χ4v) is 3.71. The molecular formula is C16H24N2O3S. The van der Waals surface area contributed by atoms with Gasteiger partial charge >= 0.3 is 0 Å². The Morgan fingerprint density at radius 2 is 2.36 bits per heavy atom. The van der Waals surface area contributed by atoms with Crippen LogP contribution in [-0.4, -0.2) is 67.8 Å². The number of carbonyl (C=O) groups is 1. The van der Waals surface area contributed by atoms with Crippen LogP contribution in [-0.2, 0) is 20.8 Å². The smallest absolute Gasteiger partial charge is 0.253 e. The molecule has 0 saturated carbocycles. The Labute approximate surface area is 135 Å². The lowest BCUT2D eigenvalue weighted by Gasteiger charge is -2.34. The number of thiophene rings is 1. The molecule has 122 valence electrons. The standard InChI is InChI=1S/C16H24N2O3S/c1-17-6-8-21-15(12-17)16(19)18(10-13-4-2-7-20-13)11-14-5-3-9-22-14/h3,5,9,13,15H,2,4,6-8,10-12H2,1H3/t13-,15+/m1/s1. The van der Waals surface area contributed by atoms with Gasteiger partial charge in [0.05, 0.1) is 19.3 Å². The van der Waals surface area contributed by atoms with Crippen LogP contribution >= 0.6 is 11.3 Å². The third-order valence-electron chi connectivity index (χ3n) is 4.23. The Balaban J connectivity index is 1.66. The highest BCUT2D eigenvalue weighted by Gasteiger charge is 2.31. The van der Waals surface area contributed by atoms with Gasteiger partial charge in [-0.15, -0.1) is 11.3 Å². The number of carbonyl (C=O) groups excluding carboxylic acids is 1. The molecule has 0 spiro atoms. The third-order valence-corrected chi connectivity index (χ3v) is 5.09. The number of amides is 1. The van der Waals surface area contributed by atoms with Gasteiger partial charge in [-0.25, -0.2) is 0 Å². The molecule has 0 aromatic carbocycles. The van der Waals surface area contributed by atoms with Gasteiger partial charge in [-0.05, 0) is 31.3 Å². The molecule has 0 aliphatic carbocycles. The Morgan fingerprint density at radius 3 is 3.05 bits per heavy atom. The first-order valence-electron chi connectivity index (χ1n) is 7.95. The lowest BCUT2D eigenvalue weighted by atomic mass is 10.2. The maximum absolute atomic E-state index is 12.9. The van der Waals surface area contributed by atoms with Crippen LogP contribution in [0.2, 0.25) is 0 Å². The van der Waals surface area contributed by atoms with Gasteiger partial charge in [0.2, 0.25) is 0 Å². The Kier molecular flexibility index (Phi) is 5.46. The molecule has 1 amide bonds. The highest BCUT2D eigenvalue weighted by atomic mass is 32.1. The molecular weight excluding hydrogens is 300 g/mol. The van der Waals surface area contributed by atoms with E-state index in [0.717, 1.165) is 26.0 Å². The van der Waals surface area contributed by atoms with Crippen molar-refractivity contribution >= 4 is 17.2 Å². The second kappa shape index (κ2) is 7.55. The van der Waals surface area contributed by atoms with Crippen molar-refractivity contribution in [1.82, 2.24) is 9.80 Å². The molecule has 0 radical (unpaired) electrons. The van der Waals surface area contributed by atoms with Crippen molar-refractivity contribution in [3.8, 4) is 0 Å². The van der Waals surface area contributed by atoms with Crippen LogP contribution in [0.5, 0.6) is 0 Å². The van der Waals surface area contributed by atoms with Crippen molar-refractivity contribution in [3.63, 3.8) is 0 Å². The molecule has 2 aliphatic rings. The number of hydrogen-bond donors (Lipinski definition) is 0. The second-order valence-electron chi connectivity index (χ2n) is 6.05. The molecule has 1 aromatic heterocycles. The van der Waals surface area contributed by atoms with Gasteiger partial charge in [-0.1, -0.05) is 6.07 Å². The summed E-state index contributed by atoms with van der Waals surface area (Å²) in [6, 6.07) is 4.11. The third kappa shape index (κ3) is 4.07. The van der Waals surface area contributed by atoms with Gasteiger partial charge in [-0.2, -0.15) is 0 Å². The molecule has 0 unspecified atom stereocenters. The largest absolute Gasteiger partial charge is 0.376 e. The van der Waals surface area contributed by atoms with Crippen molar-refractivity contribution in [2.75, 3.05) is 39.9 Å². The zero-order valence-corrected chi connectivity index (χ0v) is 13.9. The fraction of sp³-hybridized carbons (Fsp3) is 0.688. The van der Waals surface area contributed by atoms with E-state index in [4.69, 9.17) is 9.47 Å². The summed E-state index contributed by atoms with van der Waals surface area (Å²) in [5.41, 5.74) is 0. The number of likely N-dealkylation sites (N-methyl/N-ethyl adjacent to an activating group) is 1. The summed E-state index contributed by atoms with van der Waals surface area (Å²) in [5, 5.41) is 2.05. The molecule has 0 bridgehead atoms. The van der Waals surface area contributed by atoms with Crippen LogP contribution in [0.25, 0.3) is 0 Å². The van der Waals surface area contributed by atoms with Crippen LogP contribution in [0.4, 0.5) is 0 Å². The van der Waals surface area contributed by atoms with Crippen LogP contribution in [0.15, 0.2) is 17.5 Å². The predicted octanol–water partition coefficient (Wildman–Crippen LogP) is 1.59. The minimum Gasteiger partial charge on any atom is -0.376 e. The van der Waals surface area contributed by atoms with Gasteiger partial charge < -0.3 is 19.3 Å². The van der Waals surface area contributed by atoms with Gasteiger partial charge in [0.25, 0.3) is 5.91 Å². The maximum atomic E-state index is 12.9. The first-order valence-corrected chi connectivity index (χ1v) is 8.83. The number of rotatable bonds is 5. The van der Waals surface area contributed by atoms with Gasteiger partial charge in [-0.3, -0.25) is 4.79 Å². The number of ether oxygens (including phenoxy) is 2. The van der Waals surface area contributed by atoms with Gasteiger partial charge in [0.1, 0.15) is 6.10 Å². The quantitative estimate of drug-likeness (QED) is 0.825. The summed E-state index contributed by atoms with van der Waals surface area (Å²) >= 11 is 1.69. The number of nitrogens with zero attached hydrogens (tertiary/aromatic N) is 2. The van der Waals surface area contributed by atoms with E-state index >= 15 is 0 Å². The van der Waals surface area contributed by atoms with E-state index in [-0.39, 0.29) is 18.1 Å². The van der Waals surface area contributed by atoms with Crippen molar-refractivity contribution in [2.45, 2.75) is 31.6 Å². The average molecular weight is 324 g/mol. The van der Waals surface area contributed by atoms with Crippen molar-refractivity contribution in [1.29, 1.82) is 0 Å². The highest BCUT2D eigenvalue weighted by Crippen LogP contribution is 2.19. The summed E-state index contributed by atoms with van der Waals surface area (Å²) in [4.78, 5) is 18.2. The van der Waals surface area contributed by atoms with Crippen LogP contribution < -0.4 is 0 Å². The van der Waals surface area contributed by atoms with E-state index in [1.807, 2.05) is 18.0 Å². The second-order valence-corrected chi connectivity index (χ2v) is 7.09. The number of morpholine rings is 1.